The molecular formula is C18H22ClN. The van der Waals surface area contributed by atoms with Crippen molar-refractivity contribution in [3.63, 3.8) is 0 Å². The minimum atomic E-state index is 0.599. The van der Waals surface area contributed by atoms with E-state index in [9.17, 15) is 0 Å². The van der Waals surface area contributed by atoms with Gasteiger partial charge in [-0.3, -0.25) is 0 Å². The summed E-state index contributed by atoms with van der Waals surface area (Å²) in [7, 11) is 0. The molecule has 0 saturated carbocycles. The van der Waals surface area contributed by atoms with E-state index in [2.05, 4.69) is 55.6 Å². The number of hydrogen-bond acceptors (Lipinski definition) is 1. The second kappa shape index (κ2) is 7.47. The Morgan fingerprint density at radius 3 is 2.10 bits per heavy atom. The summed E-state index contributed by atoms with van der Waals surface area (Å²) in [6.07, 6.45) is 1.03. The first-order valence-electron chi connectivity index (χ1n) is 7.19. The van der Waals surface area contributed by atoms with E-state index in [1.165, 1.54) is 16.7 Å². The predicted octanol–water partition coefficient (Wildman–Crippen LogP) is 4.80. The summed E-state index contributed by atoms with van der Waals surface area (Å²) in [5, 5.41) is 4.28. The quantitative estimate of drug-likeness (QED) is 0.753. The number of hydrogen-bond donors (Lipinski definition) is 1. The second-order valence-electron chi connectivity index (χ2n) is 5.45. The molecule has 0 aliphatic rings. The molecule has 0 aliphatic heterocycles. The average molecular weight is 288 g/mol. The SMILES string of the molecule is CC(C)c1ccc(CNCCc2ccc(Cl)cc2)cc1. The van der Waals surface area contributed by atoms with E-state index in [1.807, 2.05) is 12.1 Å². The van der Waals surface area contributed by atoms with Gasteiger partial charge in [-0.05, 0) is 47.7 Å². The van der Waals surface area contributed by atoms with E-state index in [-0.39, 0.29) is 0 Å². The van der Waals surface area contributed by atoms with Crippen molar-refractivity contribution < 1.29 is 0 Å². The maximum atomic E-state index is 5.87. The van der Waals surface area contributed by atoms with Gasteiger partial charge in [0.15, 0.2) is 0 Å². The molecule has 1 nitrogen and oxygen atoms in total. The van der Waals surface area contributed by atoms with E-state index in [0.29, 0.717) is 5.92 Å². The first-order valence-corrected chi connectivity index (χ1v) is 7.57. The highest BCUT2D eigenvalue weighted by Gasteiger charge is 1.99. The number of benzene rings is 2. The fraction of sp³-hybridized carbons (Fsp3) is 0.333. The zero-order valence-corrected chi connectivity index (χ0v) is 13.0. The Balaban J connectivity index is 1.74. The lowest BCUT2D eigenvalue weighted by atomic mass is 10.0. The van der Waals surface area contributed by atoms with E-state index in [4.69, 9.17) is 11.6 Å². The third kappa shape index (κ3) is 4.66. The number of nitrogens with one attached hydrogen (secondary N) is 1. The highest BCUT2D eigenvalue weighted by Crippen LogP contribution is 2.14. The number of rotatable bonds is 6. The van der Waals surface area contributed by atoms with Gasteiger partial charge in [0.05, 0.1) is 0 Å². The predicted molar refractivity (Wildman–Crippen MR) is 87.4 cm³/mol. The molecule has 0 atom stereocenters. The standard InChI is InChI=1S/C18H22ClN/c1-14(2)17-7-3-16(4-8-17)13-20-12-11-15-5-9-18(19)10-6-15/h3-10,14,20H,11-13H2,1-2H3. The van der Waals surface area contributed by atoms with Crippen LogP contribution in [0.2, 0.25) is 5.02 Å². The third-order valence-electron chi connectivity index (χ3n) is 3.48. The van der Waals surface area contributed by atoms with Crippen LogP contribution in [-0.4, -0.2) is 6.54 Å². The van der Waals surface area contributed by atoms with Crippen molar-refractivity contribution >= 4 is 11.6 Å². The van der Waals surface area contributed by atoms with Crippen molar-refractivity contribution in [2.75, 3.05) is 6.54 Å². The van der Waals surface area contributed by atoms with Gasteiger partial charge in [0, 0.05) is 11.6 Å². The van der Waals surface area contributed by atoms with Crippen molar-refractivity contribution in [1.29, 1.82) is 0 Å². The van der Waals surface area contributed by atoms with Crippen LogP contribution in [0.3, 0.4) is 0 Å². The lowest BCUT2D eigenvalue weighted by molar-refractivity contribution is 0.686. The first kappa shape index (κ1) is 15.1. The Morgan fingerprint density at radius 2 is 1.50 bits per heavy atom. The average Bonchev–Trinajstić information content (AvgIpc) is 2.46. The molecule has 0 saturated heterocycles. The van der Waals surface area contributed by atoms with Crippen LogP contribution in [0.15, 0.2) is 48.5 Å². The van der Waals surface area contributed by atoms with Crippen LogP contribution in [0.1, 0.15) is 36.5 Å². The molecule has 20 heavy (non-hydrogen) atoms. The zero-order valence-electron chi connectivity index (χ0n) is 12.2. The summed E-state index contributed by atoms with van der Waals surface area (Å²) in [5.74, 6) is 0.599. The minimum Gasteiger partial charge on any atom is -0.312 e. The Kier molecular flexibility index (Phi) is 5.63. The summed E-state index contributed by atoms with van der Waals surface area (Å²) in [5.41, 5.74) is 4.05. The van der Waals surface area contributed by atoms with E-state index >= 15 is 0 Å². The van der Waals surface area contributed by atoms with Crippen molar-refractivity contribution in [1.82, 2.24) is 5.32 Å². The van der Waals surface area contributed by atoms with Crippen LogP contribution in [0.5, 0.6) is 0 Å². The summed E-state index contributed by atoms with van der Waals surface area (Å²) >= 11 is 5.87. The van der Waals surface area contributed by atoms with Crippen LogP contribution >= 0.6 is 11.6 Å². The molecule has 0 aliphatic carbocycles. The van der Waals surface area contributed by atoms with E-state index in [0.717, 1.165) is 24.5 Å². The summed E-state index contributed by atoms with van der Waals surface area (Å²) in [4.78, 5) is 0. The van der Waals surface area contributed by atoms with Gasteiger partial charge in [-0.25, -0.2) is 0 Å². The van der Waals surface area contributed by atoms with E-state index < -0.39 is 0 Å². The van der Waals surface area contributed by atoms with Gasteiger partial charge in [0.25, 0.3) is 0 Å². The molecule has 0 heterocycles. The smallest absolute Gasteiger partial charge is 0.0406 e. The maximum absolute atomic E-state index is 5.87. The van der Waals surface area contributed by atoms with Crippen molar-refractivity contribution in [2.45, 2.75) is 32.7 Å². The summed E-state index contributed by atoms with van der Waals surface area (Å²) in [6, 6.07) is 16.9. The topological polar surface area (TPSA) is 12.0 Å². The van der Waals surface area contributed by atoms with Crippen LogP contribution in [0.4, 0.5) is 0 Å². The second-order valence-corrected chi connectivity index (χ2v) is 5.89. The third-order valence-corrected chi connectivity index (χ3v) is 3.73. The molecule has 2 heteroatoms. The highest BCUT2D eigenvalue weighted by molar-refractivity contribution is 6.30. The number of halogens is 1. The normalized spacial score (nSPS) is 11.0. The van der Waals surface area contributed by atoms with Gasteiger partial charge >= 0.3 is 0 Å². The Labute approximate surface area is 127 Å². The van der Waals surface area contributed by atoms with Gasteiger partial charge in [-0.15, -0.1) is 0 Å². The van der Waals surface area contributed by atoms with Crippen LogP contribution in [-0.2, 0) is 13.0 Å². The molecule has 0 amide bonds. The Morgan fingerprint density at radius 1 is 0.900 bits per heavy atom. The molecule has 2 rings (SSSR count). The van der Waals surface area contributed by atoms with Crippen molar-refractivity contribution in [3.8, 4) is 0 Å². The monoisotopic (exact) mass is 287 g/mol. The molecule has 1 N–H and O–H groups in total. The lowest BCUT2D eigenvalue weighted by Gasteiger charge is -2.08. The summed E-state index contributed by atoms with van der Waals surface area (Å²) in [6.45, 7) is 6.35. The molecule has 0 fully saturated rings. The van der Waals surface area contributed by atoms with Gasteiger partial charge in [0.2, 0.25) is 0 Å². The lowest BCUT2D eigenvalue weighted by Crippen LogP contribution is -2.16. The minimum absolute atomic E-state index is 0.599. The van der Waals surface area contributed by atoms with Gasteiger partial charge in [-0.1, -0.05) is 61.8 Å². The van der Waals surface area contributed by atoms with Gasteiger partial charge < -0.3 is 5.32 Å². The molecular weight excluding hydrogens is 266 g/mol. The van der Waals surface area contributed by atoms with Crippen LogP contribution in [0, 0.1) is 0 Å². The van der Waals surface area contributed by atoms with Gasteiger partial charge in [-0.2, -0.15) is 0 Å². The van der Waals surface area contributed by atoms with Crippen LogP contribution in [0.25, 0.3) is 0 Å². The van der Waals surface area contributed by atoms with Crippen molar-refractivity contribution in [2.24, 2.45) is 0 Å². The fourth-order valence-corrected chi connectivity index (χ4v) is 2.26. The largest absolute Gasteiger partial charge is 0.312 e. The van der Waals surface area contributed by atoms with Gasteiger partial charge in [0.1, 0.15) is 0 Å². The molecule has 0 bridgehead atoms. The first-order chi connectivity index (χ1) is 9.65. The Hall–Kier alpha value is -1.31. The molecule has 2 aromatic rings. The molecule has 2 aromatic carbocycles. The molecule has 0 aromatic heterocycles. The highest BCUT2D eigenvalue weighted by atomic mass is 35.5. The molecule has 106 valence electrons. The molecule has 0 unspecified atom stereocenters. The van der Waals surface area contributed by atoms with Crippen molar-refractivity contribution in [3.05, 3.63) is 70.2 Å². The summed E-state index contributed by atoms with van der Waals surface area (Å²) < 4.78 is 0. The fourth-order valence-electron chi connectivity index (χ4n) is 2.14. The Bertz CT molecular complexity index is 514. The zero-order chi connectivity index (χ0) is 14.4. The molecule has 0 spiro atoms. The maximum Gasteiger partial charge on any atom is 0.0406 e. The molecule has 0 radical (unpaired) electrons. The van der Waals surface area contributed by atoms with E-state index in [1.54, 1.807) is 0 Å². The van der Waals surface area contributed by atoms with Crippen LogP contribution < -0.4 is 5.32 Å².